The van der Waals surface area contributed by atoms with Crippen LogP contribution in [0.2, 0.25) is 0 Å². The molecule has 18 heavy (non-hydrogen) atoms. The Kier molecular flexibility index (Phi) is 5.72. The lowest BCUT2D eigenvalue weighted by molar-refractivity contribution is -0.121. The summed E-state index contributed by atoms with van der Waals surface area (Å²) in [6.45, 7) is 1.41. The van der Waals surface area contributed by atoms with Crippen LogP contribution in [-0.4, -0.2) is 25.0 Å². The van der Waals surface area contributed by atoms with Gasteiger partial charge in [-0.2, -0.15) is 0 Å². The predicted octanol–water partition coefficient (Wildman–Crippen LogP) is 2.53. The topological polar surface area (TPSA) is 41.1 Å². The quantitative estimate of drug-likeness (QED) is 0.562. The molecule has 0 aromatic carbocycles. The Morgan fingerprint density at radius 1 is 1.22 bits per heavy atom. The molecule has 3 nitrogen and oxygen atoms in total. The van der Waals surface area contributed by atoms with Gasteiger partial charge in [0.15, 0.2) is 0 Å². The van der Waals surface area contributed by atoms with Crippen molar-refractivity contribution in [3.05, 3.63) is 11.6 Å². The first-order chi connectivity index (χ1) is 8.84. The Balaban J connectivity index is 1.51. The monoisotopic (exact) mass is 250 g/mol. The maximum Gasteiger partial charge on any atom is 0.234 e. The first kappa shape index (κ1) is 13.6. The number of allylic oxidation sites excluding steroid dienone is 1. The fourth-order valence-corrected chi connectivity index (χ4v) is 2.94. The van der Waals surface area contributed by atoms with E-state index >= 15 is 0 Å². The molecule has 0 heterocycles. The summed E-state index contributed by atoms with van der Waals surface area (Å²) in [4.78, 5) is 11.7. The van der Waals surface area contributed by atoms with Crippen molar-refractivity contribution in [1.29, 1.82) is 0 Å². The number of hydrogen-bond acceptors (Lipinski definition) is 2. The second-order valence-electron chi connectivity index (χ2n) is 5.58. The van der Waals surface area contributed by atoms with Crippen molar-refractivity contribution in [2.45, 2.75) is 63.8 Å². The van der Waals surface area contributed by atoms with Gasteiger partial charge in [0.2, 0.25) is 5.91 Å². The zero-order valence-electron chi connectivity index (χ0n) is 11.3. The van der Waals surface area contributed by atoms with Crippen LogP contribution in [0, 0.1) is 0 Å². The summed E-state index contributed by atoms with van der Waals surface area (Å²) in [5.74, 6) is 0.169. The van der Waals surface area contributed by atoms with E-state index in [-0.39, 0.29) is 5.91 Å². The Labute approximate surface area is 110 Å². The van der Waals surface area contributed by atoms with Crippen LogP contribution in [0.4, 0.5) is 0 Å². The van der Waals surface area contributed by atoms with E-state index in [9.17, 15) is 4.79 Å². The highest BCUT2D eigenvalue weighted by Gasteiger charge is 2.15. The Morgan fingerprint density at radius 2 is 2.06 bits per heavy atom. The second-order valence-corrected chi connectivity index (χ2v) is 5.58. The Bertz CT molecular complexity index is 293. The fourth-order valence-electron chi connectivity index (χ4n) is 2.94. The van der Waals surface area contributed by atoms with Crippen LogP contribution in [0.1, 0.15) is 57.8 Å². The standard InChI is InChI=1S/C15H26N2O/c18-15(17-14-8-2-1-3-9-14)12-16-11-10-13-6-4-5-7-13/h6,14,16H,1-5,7-12H2,(H,17,18). The number of carbonyl (C=O) groups is 1. The number of rotatable bonds is 6. The molecule has 0 spiro atoms. The number of nitrogens with one attached hydrogen (secondary N) is 2. The summed E-state index contributed by atoms with van der Waals surface area (Å²) in [6, 6.07) is 0.436. The van der Waals surface area contributed by atoms with Crippen molar-refractivity contribution in [2.75, 3.05) is 13.1 Å². The van der Waals surface area contributed by atoms with Gasteiger partial charge in [-0.25, -0.2) is 0 Å². The highest BCUT2D eigenvalue weighted by molar-refractivity contribution is 5.78. The third-order valence-electron chi connectivity index (χ3n) is 4.01. The normalized spacial score (nSPS) is 20.8. The zero-order valence-corrected chi connectivity index (χ0v) is 11.3. The molecule has 2 aliphatic carbocycles. The van der Waals surface area contributed by atoms with Crippen LogP contribution < -0.4 is 10.6 Å². The van der Waals surface area contributed by atoms with Gasteiger partial charge in [-0.1, -0.05) is 30.9 Å². The van der Waals surface area contributed by atoms with Gasteiger partial charge in [0.05, 0.1) is 6.54 Å². The molecule has 1 amide bonds. The van der Waals surface area contributed by atoms with E-state index in [1.54, 1.807) is 5.57 Å². The molecule has 0 aromatic rings. The molecule has 0 atom stereocenters. The van der Waals surface area contributed by atoms with Gasteiger partial charge in [0.25, 0.3) is 0 Å². The highest BCUT2D eigenvalue weighted by atomic mass is 16.1. The van der Waals surface area contributed by atoms with Crippen molar-refractivity contribution in [2.24, 2.45) is 0 Å². The number of amides is 1. The summed E-state index contributed by atoms with van der Waals surface area (Å²) in [7, 11) is 0. The summed E-state index contributed by atoms with van der Waals surface area (Å²) in [5, 5.41) is 6.38. The molecule has 102 valence electrons. The molecule has 3 heteroatoms. The third kappa shape index (κ3) is 4.81. The van der Waals surface area contributed by atoms with Gasteiger partial charge < -0.3 is 10.6 Å². The van der Waals surface area contributed by atoms with Gasteiger partial charge in [0.1, 0.15) is 0 Å². The Morgan fingerprint density at radius 3 is 2.78 bits per heavy atom. The number of hydrogen-bond donors (Lipinski definition) is 2. The van der Waals surface area contributed by atoms with Gasteiger partial charge in [-0.15, -0.1) is 0 Å². The van der Waals surface area contributed by atoms with E-state index in [1.165, 1.54) is 51.4 Å². The molecule has 1 fully saturated rings. The van der Waals surface area contributed by atoms with Crippen molar-refractivity contribution >= 4 is 5.91 Å². The Hall–Kier alpha value is -0.830. The molecule has 1 saturated carbocycles. The smallest absolute Gasteiger partial charge is 0.234 e. The van der Waals surface area contributed by atoms with Crippen LogP contribution in [-0.2, 0) is 4.79 Å². The van der Waals surface area contributed by atoms with Crippen LogP contribution in [0.3, 0.4) is 0 Å². The zero-order chi connectivity index (χ0) is 12.6. The molecule has 0 radical (unpaired) electrons. The fraction of sp³-hybridized carbons (Fsp3) is 0.800. The largest absolute Gasteiger partial charge is 0.352 e. The molecule has 0 aromatic heterocycles. The minimum atomic E-state index is 0.169. The minimum Gasteiger partial charge on any atom is -0.352 e. The van der Waals surface area contributed by atoms with Crippen LogP contribution in [0.5, 0.6) is 0 Å². The third-order valence-corrected chi connectivity index (χ3v) is 4.01. The van der Waals surface area contributed by atoms with Gasteiger partial charge in [-0.05, 0) is 45.1 Å². The lowest BCUT2D eigenvalue weighted by Gasteiger charge is -2.22. The summed E-state index contributed by atoms with van der Waals surface area (Å²) < 4.78 is 0. The van der Waals surface area contributed by atoms with Gasteiger partial charge in [-0.3, -0.25) is 4.79 Å². The highest BCUT2D eigenvalue weighted by Crippen LogP contribution is 2.19. The molecule has 0 bridgehead atoms. The predicted molar refractivity (Wildman–Crippen MR) is 74.4 cm³/mol. The van der Waals surface area contributed by atoms with Crippen molar-refractivity contribution < 1.29 is 4.79 Å². The minimum absolute atomic E-state index is 0.169. The molecule has 2 aliphatic rings. The van der Waals surface area contributed by atoms with E-state index in [2.05, 4.69) is 16.7 Å². The molecular weight excluding hydrogens is 224 g/mol. The van der Waals surface area contributed by atoms with Crippen LogP contribution >= 0.6 is 0 Å². The lowest BCUT2D eigenvalue weighted by Crippen LogP contribution is -2.41. The average Bonchev–Trinajstić information content (AvgIpc) is 2.89. The van der Waals surface area contributed by atoms with Crippen molar-refractivity contribution in [3.63, 3.8) is 0 Å². The van der Waals surface area contributed by atoms with Gasteiger partial charge in [0, 0.05) is 6.04 Å². The summed E-state index contributed by atoms with van der Waals surface area (Å²) in [6.07, 6.45) is 13.5. The van der Waals surface area contributed by atoms with E-state index in [4.69, 9.17) is 0 Å². The second kappa shape index (κ2) is 7.57. The van der Waals surface area contributed by atoms with Crippen LogP contribution in [0.25, 0.3) is 0 Å². The first-order valence-electron chi connectivity index (χ1n) is 7.52. The van der Waals surface area contributed by atoms with E-state index in [0.717, 1.165) is 13.0 Å². The SMILES string of the molecule is O=C(CNCCC1=CCCC1)NC1CCCCC1. The average molecular weight is 250 g/mol. The first-order valence-corrected chi connectivity index (χ1v) is 7.52. The van der Waals surface area contributed by atoms with Crippen molar-refractivity contribution in [1.82, 2.24) is 10.6 Å². The lowest BCUT2D eigenvalue weighted by atomic mass is 9.95. The number of carbonyl (C=O) groups excluding carboxylic acids is 1. The molecule has 0 unspecified atom stereocenters. The van der Waals surface area contributed by atoms with E-state index in [1.807, 2.05) is 0 Å². The maximum absolute atomic E-state index is 11.7. The molecule has 0 aliphatic heterocycles. The molecule has 2 rings (SSSR count). The molecular formula is C15H26N2O. The summed E-state index contributed by atoms with van der Waals surface area (Å²) in [5.41, 5.74) is 1.56. The van der Waals surface area contributed by atoms with E-state index in [0.29, 0.717) is 12.6 Å². The molecule has 0 saturated heterocycles. The van der Waals surface area contributed by atoms with Crippen molar-refractivity contribution in [3.8, 4) is 0 Å². The summed E-state index contributed by atoms with van der Waals surface area (Å²) >= 11 is 0. The van der Waals surface area contributed by atoms with E-state index < -0.39 is 0 Å². The van der Waals surface area contributed by atoms with Gasteiger partial charge >= 0.3 is 0 Å². The molecule has 2 N–H and O–H groups in total. The maximum atomic E-state index is 11.7. The van der Waals surface area contributed by atoms with Crippen LogP contribution in [0.15, 0.2) is 11.6 Å².